The molecule has 8 heteroatoms. The Balaban J connectivity index is 1.71. The van der Waals surface area contributed by atoms with Crippen LogP contribution in [0.3, 0.4) is 0 Å². The van der Waals surface area contributed by atoms with Crippen molar-refractivity contribution < 1.29 is 4.39 Å². The van der Waals surface area contributed by atoms with Crippen LogP contribution in [0.25, 0.3) is 0 Å². The third kappa shape index (κ3) is 3.68. The number of benzene rings is 1. The van der Waals surface area contributed by atoms with E-state index >= 15 is 0 Å². The van der Waals surface area contributed by atoms with Gasteiger partial charge < -0.3 is 5.32 Å². The van der Waals surface area contributed by atoms with Gasteiger partial charge in [-0.3, -0.25) is 4.68 Å². The lowest BCUT2D eigenvalue weighted by atomic mass is 10.2. The summed E-state index contributed by atoms with van der Waals surface area (Å²) in [6.45, 7) is 4.44. The number of anilines is 2. The summed E-state index contributed by atoms with van der Waals surface area (Å²) >= 11 is 7.28. The van der Waals surface area contributed by atoms with Gasteiger partial charge in [0, 0.05) is 23.7 Å². The second kappa shape index (κ2) is 6.64. The van der Waals surface area contributed by atoms with E-state index in [9.17, 15) is 4.39 Å². The number of hydrogen-bond acceptors (Lipinski definition) is 5. The van der Waals surface area contributed by atoms with Crippen LogP contribution in [0, 0.1) is 5.82 Å². The molecule has 0 bridgehead atoms. The van der Waals surface area contributed by atoms with Gasteiger partial charge in [-0.15, -0.1) is 10.2 Å². The molecule has 5 nitrogen and oxygen atoms in total. The summed E-state index contributed by atoms with van der Waals surface area (Å²) < 4.78 is 15.6. The van der Waals surface area contributed by atoms with Gasteiger partial charge in [0.2, 0.25) is 5.13 Å². The van der Waals surface area contributed by atoms with Crippen LogP contribution in [0.15, 0.2) is 30.5 Å². The fourth-order valence-corrected chi connectivity index (χ4v) is 2.94. The molecule has 0 amide bonds. The molecular weight excluding hydrogens is 337 g/mol. The summed E-state index contributed by atoms with van der Waals surface area (Å²) in [6.07, 6.45) is 1.77. The van der Waals surface area contributed by atoms with Crippen LogP contribution >= 0.6 is 22.9 Å². The average Bonchev–Trinajstić information content (AvgIpc) is 3.14. The quantitative estimate of drug-likeness (QED) is 0.738. The summed E-state index contributed by atoms with van der Waals surface area (Å²) in [6, 6.07) is 6.74. The second-order valence-corrected chi connectivity index (χ2v) is 6.75. The highest BCUT2D eigenvalue weighted by atomic mass is 35.5. The lowest BCUT2D eigenvalue weighted by Gasteiger charge is -2.04. The summed E-state index contributed by atoms with van der Waals surface area (Å²) in [5, 5.41) is 17.4. The predicted octanol–water partition coefficient (Wildman–Crippen LogP) is 4.44. The lowest BCUT2D eigenvalue weighted by molar-refractivity contribution is 0.586. The smallest absolute Gasteiger partial charge is 0.211 e. The first-order chi connectivity index (χ1) is 11.0. The van der Waals surface area contributed by atoms with E-state index in [1.165, 1.54) is 17.4 Å². The Labute approximate surface area is 142 Å². The van der Waals surface area contributed by atoms with Gasteiger partial charge in [-0.05, 0) is 6.07 Å². The Bertz CT molecular complexity index is 814. The fraction of sp³-hybridized carbons (Fsp3) is 0.267. The van der Waals surface area contributed by atoms with Crippen molar-refractivity contribution >= 4 is 33.9 Å². The standard InChI is InChI=1S/C15H15ClFN5S/c1-9(2)14-19-20-15(23-14)18-12-6-7-22(21-12)8-10-4-3-5-11(16)13(10)17/h3-7,9H,8H2,1-2H3,(H,18,20,21). The van der Waals surface area contributed by atoms with Gasteiger partial charge in [-0.25, -0.2) is 4.39 Å². The third-order valence-corrected chi connectivity index (χ3v) is 4.61. The van der Waals surface area contributed by atoms with Gasteiger partial charge >= 0.3 is 0 Å². The monoisotopic (exact) mass is 351 g/mol. The van der Waals surface area contributed by atoms with Crippen molar-refractivity contribution in [2.75, 3.05) is 5.32 Å². The van der Waals surface area contributed by atoms with Crippen molar-refractivity contribution in [1.82, 2.24) is 20.0 Å². The van der Waals surface area contributed by atoms with Crippen molar-refractivity contribution in [3.63, 3.8) is 0 Å². The molecule has 0 aliphatic carbocycles. The van der Waals surface area contributed by atoms with Crippen LogP contribution in [-0.2, 0) is 6.54 Å². The zero-order valence-corrected chi connectivity index (χ0v) is 14.2. The van der Waals surface area contributed by atoms with E-state index in [-0.39, 0.29) is 5.02 Å². The molecule has 0 saturated heterocycles. The summed E-state index contributed by atoms with van der Waals surface area (Å²) in [4.78, 5) is 0. The van der Waals surface area contributed by atoms with Crippen molar-refractivity contribution in [3.05, 3.63) is 51.9 Å². The molecular formula is C15H15ClFN5S. The number of aromatic nitrogens is 4. The van der Waals surface area contributed by atoms with Crippen LogP contribution in [0.4, 0.5) is 15.3 Å². The highest BCUT2D eigenvalue weighted by Gasteiger charge is 2.10. The third-order valence-electron chi connectivity index (χ3n) is 3.17. The summed E-state index contributed by atoms with van der Waals surface area (Å²) in [7, 11) is 0. The van der Waals surface area contributed by atoms with E-state index in [1.54, 1.807) is 29.1 Å². The van der Waals surface area contributed by atoms with Crippen LogP contribution < -0.4 is 5.32 Å². The molecule has 1 N–H and O–H groups in total. The van der Waals surface area contributed by atoms with Crippen LogP contribution in [0.5, 0.6) is 0 Å². The van der Waals surface area contributed by atoms with E-state index in [2.05, 4.69) is 34.5 Å². The molecule has 120 valence electrons. The fourth-order valence-electron chi connectivity index (χ4n) is 1.99. The SMILES string of the molecule is CC(C)c1nnc(Nc2ccn(Cc3cccc(Cl)c3F)n2)s1. The van der Waals surface area contributed by atoms with Gasteiger partial charge in [0.05, 0.1) is 11.6 Å². The second-order valence-electron chi connectivity index (χ2n) is 5.34. The predicted molar refractivity (Wildman–Crippen MR) is 90.0 cm³/mol. The van der Waals surface area contributed by atoms with E-state index in [4.69, 9.17) is 11.6 Å². The number of hydrogen-bond donors (Lipinski definition) is 1. The molecule has 0 saturated carbocycles. The Morgan fingerprint density at radius 1 is 1.30 bits per heavy atom. The summed E-state index contributed by atoms with van der Waals surface area (Å²) in [5.41, 5.74) is 0.491. The highest BCUT2D eigenvalue weighted by Crippen LogP contribution is 2.25. The van der Waals surface area contributed by atoms with Crippen molar-refractivity contribution in [3.8, 4) is 0 Å². The molecule has 23 heavy (non-hydrogen) atoms. The maximum absolute atomic E-state index is 13.9. The van der Waals surface area contributed by atoms with Gasteiger partial charge in [-0.1, -0.05) is 48.9 Å². The van der Waals surface area contributed by atoms with Crippen molar-refractivity contribution in [1.29, 1.82) is 0 Å². The molecule has 0 aliphatic rings. The van der Waals surface area contributed by atoms with E-state index in [1.807, 2.05) is 0 Å². The minimum Gasteiger partial charge on any atom is -0.313 e. The molecule has 0 aliphatic heterocycles. The zero-order chi connectivity index (χ0) is 16.4. The first kappa shape index (κ1) is 15.9. The van der Waals surface area contributed by atoms with E-state index in [0.717, 1.165) is 5.01 Å². The number of halogens is 2. The van der Waals surface area contributed by atoms with E-state index < -0.39 is 5.82 Å². The lowest BCUT2D eigenvalue weighted by Crippen LogP contribution is -2.03. The van der Waals surface area contributed by atoms with Crippen LogP contribution in [0.2, 0.25) is 5.02 Å². The van der Waals surface area contributed by atoms with Crippen LogP contribution in [0.1, 0.15) is 30.3 Å². The molecule has 0 atom stereocenters. The normalized spacial score (nSPS) is 11.2. The molecule has 3 rings (SSSR count). The number of nitrogens with one attached hydrogen (secondary N) is 1. The minimum absolute atomic E-state index is 0.114. The van der Waals surface area contributed by atoms with Crippen LogP contribution in [-0.4, -0.2) is 20.0 Å². The largest absolute Gasteiger partial charge is 0.313 e. The van der Waals surface area contributed by atoms with Gasteiger partial charge in [-0.2, -0.15) is 5.10 Å². The zero-order valence-electron chi connectivity index (χ0n) is 12.6. The molecule has 3 aromatic rings. The van der Waals surface area contributed by atoms with Gasteiger partial charge in [0.25, 0.3) is 0 Å². The topological polar surface area (TPSA) is 55.6 Å². The maximum atomic E-state index is 13.9. The first-order valence-corrected chi connectivity index (χ1v) is 8.29. The number of nitrogens with zero attached hydrogens (tertiary/aromatic N) is 4. The molecule has 0 spiro atoms. The first-order valence-electron chi connectivity index (χ1n) is 7.09. The summed E-state index contributed by atoms with van der Waals surface area (Å²) in [5.74, 6) is 0.565. The van der Waals surface area contributed by atoms with E-state index in [0.29, 0.717) is 29.0 Å². The molecule has 1 aromatic carbocycles. The average molecular weight is 352 g/mol. The Morgan fingerprint density at radius 2 is 2.13 bits per heavy atom. The molecule has 0 radical (unpaired) electrons. The maximum Gasteiger partial charge on any atom is 0.211 e. The number of rotatable bonds is 5. The Hall–Kier alpha value is -1.99. The molecule has 0 unspecified atom stereocenters. The Morgan fingerprint density at radius 3 is 2.87 bits per heavy atom. The molecule has 2 heterocycles. The Kier molecular flexibility index (Phi) is 4.58. The highest BCUT2D eigenvalue weighted by molar-refractivity contribution is 7.15. The van der Waals surface area contributed by atoms with Crippen molar-refractivity contribution in [2.24, 2.45) is 0 Å². The molecule has 0 fully saturated rings. The van der Waals surface area contributed by atoms with Crippen molar-refractivity contribution in [2.45, 2.75) is 26.3 Å². The van der Waals surface area contributed by atoms with Gasteiger partial charge in [0.15, 0.2) is 5.82 Å². The minimum atomic E-state index is -0.412. The van der Waals surface area contributed by atoms with Gasteiger partial charge in [0.1, 0.15) is 10.8 Å². The molecule has 2 aromatic heterocycles.